The molecule has 7 heteroatoms. The van der Waals surface area contributed by atoms with Gasteiger partial charge in [0.1, 0.15) is 0 Å². The van der Waals surface area contributed by atoms with Crippen molar-refractivity contribution in [2.75, 3.05) is 20.3 Å². The molecule has 0 aliphatic heterocycles. The Morgan fingerprint density at radius 3 is 2.76 bits per heavy atom. The zero-order valence-electron chi connectivity index (χ0n) is 11.5. The van der Waals surface area contributed by atoms with Gasteiger partial charge in [0.25, 0.3) is 5.91 Å². The topological polar surface area (TPSA) is 84.9 Å². The van der Waals surface area contributed by atoms with E-state index in [0.717, 1.165) is 6.07 Å². The Balaban J connectivity index is 2.74. The molecule has 1 rings (SSSR count). The average Bonchev–Trinajstić information content (AvgIpc) is 2.45. The van der Waals surface area contributed by atoms with Crippen LogP contribution < -0.4 is 10.1 Å². The number of aliphatic carboxylic acids is 1. The lowest BCUT2D eigenvalue weighted by molar-refractivity contribution is -0.140. The van der Waals surface area contributed by atoms with E-state index < -0.39 is 23.7 Å². The van der Waals surface area contributed by atoms with Gasteiger partial charge in [-0.1, -0.05) is 6.08 Å². The van der Waals surface area contributed by atoms with Gasteiger partial charge in [-0.15, -0.1) is 6.58 Å². The molecule has 1 amide bonds. The molecular weight excluding hydrogens is 281 g/mol. The Morgan fingerprint density at radius 2 is 2.24 bits per heavy atom. The van der Waals surface area contributed by atoms with E-state index in [4.69, 9.17) is 14.6 Å². The number of carboxylic acids is 1. The molecular formula is C14H16FNO5. The van der Waals surface area contributed by atoms with Gasteiger partial charge in [-0.3, -0.25) is 4.79 Å². The number of benzene rings is 1. The second-order valence-corrected chi connectivity index (χ2v) is 4.04. The number of carboxylic acid groups (broad SMARTS) is 1. The fourth-order valence-corrected chi connectivity index (χ4v) is 1.49. The van der Waals surface area contributed by atoms with Crippen molar-refractivity contribution >= 4 is 11.9 Å². The largest absolute Gasteiger partial charge is 0.494 e. The van der Waals surface area contributed by atoms with Gasteiger partial charge in [0.05, 0.1) is 20.3 Å². The van der Waals surface area contributed by atoms with Crippen LogP contribution in [0.25, 0.3) is 0 Å². The van der Waals surface area contributed by atoms with Crippen molar-refractivity contribution in [2.45, 2.75) is 6.04 Å². The molecule has 0 bridgehead atoms. The van der Waals surface area contributed by atoms with Gasteiger partial charge < -0.3 is 19.9 Å². The van der Waals surface area contributed by atoms with Gasteiger partial charge >= 0.3 is 5.97 Å². The first kappa shape index (κ1) is 16.6. The van der Waals surface area contributed by atoms with E-state index in [9.17, 15) is 14.0 Å². The van der Waals surface area contributed by atoms with Gasteiger partial charge in [-0.25, -0.2) is 9.18 Å². The van der Waals surface area contributed by atoms with Crippen LogP contribution in [0.4, 0.5) is 4.39 Å². The Kier molecular flexibility index (Phi) is 6.35. The summed E-state index contributed by atoms with van der Waals surface area (Å²) in [5.41, 5.74) is -0.0109. The number of nitrogens with one attached hydrogen (secondary N) is 1. The SMILES string of the molecule is C=CCOCC(NC(=O)c1ccc(OC)c(F)c1)C(=O)O. The molecule has 0 aromatic heterocycles. The third-order valence-corrected chi connectivity index (χ3v) is 2.54. The summed E-state index contributed by atoms with van der Waals surface area (Å²) >= 11 is 0. The van der Waals surface area contributed by atoms with Crippen LogP contribution in [0.5, 0.6) is 5.75 Å². The van der Waals surface area contributed by atoms with Crippen LogP contribution in [0.3, 0.4) is 0 Å². The molecule has 0 aliphatic carbocycles. The minimum absolute atomic E-state index is 0.00403. The number of carbonyl (C=O) groups is 2. The van der Waals surface area contributed by atoms with Crippen molar-refractivity contribution in [3.63, 3.8) is 0 Å². The maximum atomic E-state index is 13.5. The molecule has 2 N–H and O–H groups in total. The molecule has 1 aromatic carbocycles. The maximum Gasteiger partial charge on any atom is 0.328 e. The Bertz CT molecular complexity index is 532. The number of hydrogen-bond donors (Lipinski definition) is 2. The molecule has 0 fully saturated rings. The summed E-state index contributed by atoms with van der Waals surface area (Å²) < 4.78 is 23.2. The van der Waals surface area contributed by atoms with E-state index >= 15 is 0 Å². The second-order valence-electron chi connectivity index (χ2n) is 4.04. The van der Waals surface area contributed by atoms with Crippen LogP contribution in [-0.4, -0.2) is 43.3 Å². The summed E-state index contributed by atoms with van der Waals surface area (Å²) in [6.45, 7) is 3.37. The van der Waals surface area contributed by atoms with Crippen LogP contribution in [0.2, 0.25) is 0 Å². The second kappa shape index (κ2) is 8.01. The molecule has 0 saturated carbocycles. The Labute approximate surface area is 121 Å². The third-order valence-electron chi connectivity index (χ3n) is 2.54. The quantitative estimate of drug-likeness (QED) is 0.556. The van der Waals surface area contributed by atoms with Crippen molar-refractivity contribution in [1.29, 1.82) is 0 Å². The Morgan fingerprint density at radius 1 is 1.52 bits per heavy atom. The first-order valence-electron chi connectivity index (χ1n) is 6.05. The summed E-state index contributed by atoms with van der Waals surface area (Å²) in [5.74, 6) is -2.68. The lowest BCUT2D eigenvalue weighted by Gasteiger charge is -2.14. The lowest BCUT2D eigenvalue weighted by Crippen LogP contribution is -2.44. The van der Waals surface area contributed by atoms with Gasteiger partial charge in [-0.05, 0) is 18.2 Å². The van der Waals surface area contributed by atoms with Crippen molar-refractivity contribution in [2.24, 2.45) is 0 Å². The highest BCUT2D eigenvalue weighted by atomic mass is 19.1. The molecule has 6 nitrogen and oxygen atoms in total. The summed E-state index contributed by atoms with van der Waals surface area (Å²) in [6.07, 6.45) is 1.46. The predicted octanol–water partition coefficient (Wildman–Crippen LogP) is 1.22. The highest BCUT2D eigenvalue weighted by Crippen LogP contribution is 2.17. The molecule has 114 valence electrons. The van der Waals surface area contributed by atoms with Gasteiger partial charge in [0.15, 0.2) is 17.6 Å². The fraction of sp³-hybridized carbons (Fsp3) is 0.286. The summed E-state index contributed by atoms with van der Waals surface area (Å²) in [5, 5.41) is 11.2. The number of carbonyl (C=O) groups excluding carboxylic acids is 1. The molecule has 0 heterocycles. The van der Waals surface area contributed by atoms with E-state index in [0.29, 0.717) is 0 Å². The summed E-state index contributed by atoms with van der Waals surface area (Å²) in [4.78, 5) is 22.9. The smallest absolute Gasteiger partial charge is 0.328 e. The third kappa shape index (κ3) is 4.88. The van der Waals surface area contributed by atoms with E-state index in [1.54, 1.807) is 0 Å². The summed E-state index contributed by atoms with van der Waals surface area (Å²) in [7, 11) is 1.30. The highest BCUT2D eigenvalue weighted by Gasteiger charge is 2.21. The molecule has 1 aromatic rings. The molecule has 1 atom stereocenters. The molecule has 21 heavy (non-hydrogen) atoms. The monoisotopic (exact) mass is 297 g/mol. The van der Waals surface area contributed by atoms with Gasteiger partial charge in [0.2, 0.25) is 0 Å². The number of amides is 1. The Hall–Kier alpha value is -2.41. The molecule has 0 saturated heterocycles. The molecule has 0 aliphatic rings. The van der Waals surface area contributed by atoms with E-state index in [1.165, 1.54) is 25.3 Å². The van der Waals surface area contributed by atoms with E-state index in [2.05, 4.69) is 11.9 Å². The number of hydrogen-bond acceptors (Lipinski definition) is 4. The van der Waals surface area contributed by atoms with Crippen molar-refractivity contribution < 1.29 is 28.6 Å². The first-order valence-corrected chi connectivity index (χ1v) is 6.05. The molecule has 0 radical (unpaired) electrons. The first-order chi connectivity index (χ1) is 9.99. The highest BCUT2D eigenvalue weighted by molar-refractivity contribution is 5.96. The van der Waals surface area contributed by atoms with Gasteiger partial charge in [0, 0.05) is 5.56 Å². The predicted molar refractivity (Wildman–Crippen MR) is 72.9 cm³/mol. The maximum absolute atomic E-state index is 13.5. The number of ether oxygens (including phenoxy) is 2. The van der Waals surface area contributed by atoms with Crippen LogP contribution in [0.15, 0.2) is 30.9 Å². The number of halogens is 1. The van der Waals surface area contributed by atoms with Crippen LogP contribution in [0, 0.1) is 5.82 Å². The number of rotatable bonds is 8. The zero-order valence-corrected chi connectivity index (χ0v) is 11.5. The minimum Gasteiger partial charge on any atom is -0.494 e. The summed E-state index contributed by atoms with van der Waals surface area (Å²) in [6, 6.07) is 2.36. The van der Waals surface area contributed by atoms with Crippen LogP contribution >= 0.6 is 0 Å². The van der Waals surface area contributed by atoms with E-state index in [-0.39, 0.29) is 24.5 Å². The fourth-order valence-electron chi connectivity index (χ4n) is 1.49. The molecule has 0 spiro atoms. The van der Waals surface area contributed by atoms with Crippen molar-refractivity contribution in [3.8, 4) is 5.75 Å². The van der Waals surface area contributed by atoms with Crippen LogP contribution in [-0.2, 0) is 9.53 Å². The normalized spacial score (nSPS) is 11.5. The number of methoxy groups -OCH3 is 1. The lowest BCUT2D eigenvalue weighted by atomic mass is 10.2. The van der Waals surface area contributed by atoms with Gasteiger partial charge in [-0.2, -0.15) is 0 Å². The molecule has 1 unspecified atom stereocenters. The van der Waals surface area contributed by atoms with Crippen molar-refractivity contribution in [3.05, 3.63) is 42.2 Å². The van der Waals surface area contributed by atoms with Crippen LogP contribution in [0.1, 0.15) is 10.4 Å². The van der Waals surface area contributed by atoms with E-state index in [1.807, 2.05) is 0 Å². The zero-order chi connectivity index (χ0) is 15.8. The standard InChI is InChI=1S/C14H16FNO5/c1-3-6-21-8-11(14(18)19)16-13(17)9-4-5-12(20-2)10(15)7-9/h3-5,7,11H,1,6,8H2,2H3,(H,16,17)(H,18,19). The van der Waals surface area contributed by atoms with Crippen molar-refractivity contribution in [1.82, 2.24) is 5.32 Å². The average molecular weight is 297 g/mol. The minimum atomic E-state index is -1.25.